The number of fused-ring (bicyclic) bond motifs is 1. The van der Waals surface area contributed by atoms with Gasteiger partial charge in [-0.2, -0.15) is 13.9 Å². The van der Waals surface area contributed by atoms with Crippen LogP contribution in [0.1, 0.15) is 35.8 Å². The summed E-state index contributed by atoms with van der Waals surface area (Å²) in [5.74, 6) is -1.05. The number of amides is 1. The van der Waals surface area contributed by atoms with Gasteiger partial charge >= 0.3 is 6.61 Å². The van der Waals surface area contributed by atoms with Crippen LogP contribution in [0.3, 0.4) is 0 Å². The molecule has 0 saturated carbocycles. The van der Waals surface area contributed by atoms with Gasteiger partial charge in [0.25, 0.3) is 5.91 Å². The molecule has 0 bridgehead atoms. The molecule has 0 fully saturated rings. The maximum atomic E-state index is 14.0. The first-order chi connectivity index (χ1) is 15.3. The summed E-state index contributed by atoms with van der Waals surface area (Å²) in [6.07, 6.45) is 6.23. The molecule has 2 aromatic heterocycles. The summed E-state index contributed by atoms with van der Waals surface area (Å²) >= 11 is 0. The van der Waals surface area contributed by atoms with Gasteiger partial charge < -0.3 is 15.1 Å². The van der Waals surface area contributed by atoms with Gasteiger partial charge in [0, 0.05) is 30.7 Å². The largest absolute Gasteiger partial charge is 0.434 e. The van der Waals surface area contributed by atoms with E-state index in [0.29, 0.717) is 17.9 Å². The van der Waals surface area contributed by atoms with Gasteiger partial charge in [-0.1, -0.05) is 13.8 Å². The Kier molecular flexibility index (Phi) is 5.99. The van der Waals surface area contributed by atoms with Crippen LogP contribution in [-0.4, -0.2) is 38.7 Å². The van der Waals surface area contributed by atoms with Crippen LogP contribution in [0, 0.1) is 11.7 Å². The van der Waals surface area contributed by atoms with Crippen molar-refractivity contribution in [3.8, 4) is 5.75 Å². The number of carbonyl (C=O) groups is 1. The third-order valence-corrected chi connectivity index (χ3v) is 4.74. The Morgan fingerprint density at radius 3 is 2.91 bits per heavy atom. The molecule has 1 aliphatic rings. The topological polar surface area (TPSA) is 83.8 Å². The third-order valence-electron chi connectivity index (χ3n) is 4.74. The van der Waals surface area contributed by atoms with Crippen LogP contribution in [-0.2, 0) is 0 Å². The highest BCUT2D eigenvalue weighted by Gasteiger charge is 2.31. The number of ether oxygens (including phenoxy) is 1. The summed E-state index contributed by atoms with van der Waals surface area (Å²) in [4.78, 5) is 17.2. The van der Waals surface area contributed by atoms with Gasteiger partial charge in [-0.05, 0) is 30.2 Å². The second-order valence-electron chi connectivity index (χ2n) is 7.65. The van der Waals surface area contributed by atoms with Crippen LogP contribution in [0.15, 0.2) is 54.8 Å². The normalized spacial score (nSPS) is 16.2. The molecule has 4 rings (SSSR count). The molecule has 3 heterocycles. The smallest absolute Gasteiger partial charge is 0.387 e. The van der Waals surface area contributed by atoms with Crippen LogP contribution in [0.5, 0.6) is 5.75 Å². The van der Waals surface area contributed by atoms with E-state index in [-0.39, 0.29) is 22.8 Å². The van der Waals surface area contributed by atoms with Crippen molar-refractivity contribution in [3.05, 3.63) is 71.7 Å². The maximum Gasteiger partial charge on any atom is 0.387 e. The Balaban J connectivity index is 1.67. The predicted molar refractivity (Wildman–Crippen MR) is 109 cm³/mol. The average Bonchev–Trinajstić information content (AvgIpc) is 3.32. The summed E-state index contributed by atoms with van der Waals surface area (Å²) in [6.45, 7) is 1.48. The van der Waals surface area contributed by atoms with Crippen LogP contribution in [0.2, 0.25) is 0 Å². The summed E-state index contributed by atoms with van der Waals surface area (Å²) < 4.78 is 45.9. The number of halogens is 3. The van der Waals surface area contributed by atoms with E-state index >= 15 is 0 Å². The van der Waals surface area contributed by atoms with Crippen molar-refractivity contribution in [3.63, 3.8) is 0 Å². The zero-order valence-electron chi connectivity index (χ0n) is 17.3. The van der Waals surface area contributed by atoms with E-state index in [9.17, 15) is 18.0 Å². The second kappa shape index (κ2) is 8.87. The van der Waals surface area contributed by atoms with Crippen LogP contribution in [0.4, 0.5) is 13.2 Å². The molecule has 1 atom stereocenters. The van der Waals surface area contributed by atoms with Crippen molar-refractivity contribution in [1.82, 2.24) is 30.3 Å². The van der Waals surface area contributed by atoms with Crippen LogP contribution >= 0.6 is 0 Å². The van der Waals surface area contributed by atoms with E-state index in [1.54, 1.807) is 23.5 Å². The van der Waals surface area contributed by atoms with Crippen molar-refractivity contribution in [1.29, 1.82) is 0 Å². The number of hydrogen-bond donors (Lipinski definition) is 2. The number of nitrogens with zero attached hydrogens (tertiary/aromatic N) is 4. The minimum Gasteiger partial charge on any atom is -0.434 e. The molecule has 1 unspecified atom stereocenters. The summed E-state index contributed by atoms with van der Waals surface area (Å²) in [6, 6.07) is 4.13. The molecule has 0 radical (unpaired) electrons. The second-order valence-corrected chi connectivity index (χ2v) is 7.65. The summed E-state index contributed by atoms with van der Waals surface area (Å²) in [5, 5.41) is 8.60. The highest BCUT2D eigenvalue weighted by atomic mass is 19.3. The molecule has 1 amide bonds. The van der Waals surface area contributed by atoms with Crippen molar-refractivity contribution < 1.29 is 22.7 Å². The average molecular weight is 446 g/mol. The Morgan fingerprint density at radius 1 is 1.34 bits per heavy atom. The van der Waals surface area contributed by atoms with E-state index in [1.807, 2.05) is 13.8 Å². The molecule has 0 spiro atoms. The Hall–Kier alpha value is -3.60. The molecule has 1 aliphatic heterocycles. The molecular formula is C21H21F3N6O2. The van der Waals surface area contributed by atoms with Crippen LogP contribution < -0.4 is 15.5 Å². The van der Waals surface area contributed by atoms with Crippen LogP contribution in [0.25, 0.3) is 5.65 Å². The fourth-order valence-electron chi connectivity index (χ4n) is 3.49. The fraction of sp³-hybridized carbons (Fsp3) is 0.286. The Labute approximate surface area is 181 Å². The standard InChI is InChI=1S/C21H21F3N6O2/c1-12(2)10-29-11-16(27-20(31)15-9-26-30-7-3-6-25-19(15)30)18(28-29)14-8-13(22)4-5-17(14)32-21(23)24/h3-9,11-12,18,21,28H,10H2,1-2H3,(H,27,31). The number of aromatic nitrogens is 3. The highest BCUT2D eigenvalue weighted by molar-refractivity contribution is 6.00. The summed E-state index contributed by atoms with van der Waals surface area (Å²) in [5.41, 5.74) is 4.18. The Bertz CT molecular complexity index is 1160. The molecule has 2 N–H and O–H groups in total. The molecule has 8 nitrogen and oxygen atoms in total. The fourth-order valence-corrected chi connectivity index (χ4v) is 3.49. The SMILES string of the molecule is CC(C)CN1C=C(NC(=O)c2cnn3cccnc23)C(c2cc(F)ccc2OC(F)F)N1. The maximum absolute atomic E-state index is 14.0. The first-order valence-corrected chi connectivity index (χ1v) is 9.90. The molecule has 1 aromatic carbocycles. The van der Waals surface area contributed by atoms with Gasteiger partial charge in [0.05, 0.1) is 17.9 Å². The number of alkyl halides is 2. The molecule has 11 heteroatoms. The lowest BCUT2D eigenvalue weighted by Gasteiger charge is -2.23. The van der Waals surface area contributed by atoms with E-state index in [2.05, 4.69) is 25.6 Å². The van der Waals surface area contributed by atoms with Gasteiger partial charge in [0.2, 0.25) is 0 Å². The number of benzene rings is 1. The van der Waals surface area contributed by atoms with Crippen molar-refractivity contribution in [2.45, 2.75) is 26.5 Å². The van der Waals surface area contributed by atoms with Crippen molar-refractivity contribution in [2.24, 2.45) is 5.92 Å². The number of carbonyl (C=O) groups excluding carboxylic acids is 1. The van der Waals surface area contributed by atoms with Gasteiger partial charge in [-0.25, -0.2) is 19.3 Å². The first kappa shape index (κ1) is 21.6. The Morgan fingerprint density at radius 2 is 2.16 bits per heavy atom. The zero-order valence-corrected chi connectivity index (χ0v) is 17.3. The first-order valence-electron chi connectivity index (χ1n) is 9.90. The van der Waals surface area contributed by atoms with E-state index in [1.165, 1.54) is 16.9 Å². The van der Waals surface area contributed by atoms with E-state index in [4.69, 9.17) is 0 Å². The number of hydrogen-bond acceptors (Lipinski definition) is 6. The third kappa shape index (κ3) is 4.52. The number of rotatable bonds is 7. The molecule has 32 heavy (non-hydrogen) atoms. The van der Waals surface area contributed by atoms with Gasteiger partial charge in [0.15, 0.2) is 5.65 Å². The van der Waals surface area contributed by atoms with Crippen molar-refractivity contribution in [2.75, 3.05) is 6.54 Å². The number of hydrazine groups is 1. The minimum absolute atomic E-state index is 0.126. The lowest BCUT2D eigenvalue weighted by atomic mass is 10.0. The lowest BCUT2D eigenvalue weighted by molar-refractivity contribution is -0.0507. The van der Waals surface area contributed by atoms with Gasteiger partial charge in [0.1, 0.15) is 17.1 Å². The summed E-state index contributed by atoms with van der Waals surface area (Å²) in [7, 11) is 0. The molecule has 3 aromatic rings. The highest BCUT2D eigenvalue weighted by Crippen LogP contribution is 2.34. The van der Waals surface area contributed by atoms with E-state index in [0.717, 1.165) is 18.2 Å². The minimum atomic E-state index is -3.08. The molecule has 0 saturated heterocycles. The van der Waals surface area contributed by atoms with E-state index < -0.39 is 24.4 Å². The number of nitrogens with one attached hydrogen (secondary N) is 2. The van der Waals surface area contributed by atoms with Crippen molar-refractivity contribution >= 4 is 11.6 Å². The van der Waals surface area contributed by atoms with Gasteiger partial charge in [-0.15, -0.1) is 0 Å². The van der Waals surface area contributed by atoms with Gasteiger partial charge in [-0.3, -0.25) is 4.79 Å². The molecule has 0 aliphatic carbocycles. The monoisotopic (exact) mass is 446 g/mol. The lowest BCUT2D eigenvalue weighted by Crippen LogP contribution is -2.35. The molecular weight excluding hydrogens is 425 g/mol. The zero-order chi connectivity index (χ0) is 22.8. The quantitative estimate of drug-likeness (QED) is 0.580. The molecule has 168 valence electrons. The predicted octanol–water partition coefficient (Wildman–Crippen LogP) is 3.26.